The van der Waals surface area contributed by atoms with Crippen molar-refractivity contribution in [3.8, 4) is 0 Å². The van der Waals surface area contributed by atoms with E-state index in [2.05, 4.69) is 10.2 Å². The lowest BCUT2D eigenvalue weighted by molar-refractivity contribution is -0.121. The van der Waals surface area contributed by atoms with Crippen LogP contribution < -0.4 is 5.32 Å². The minimum Gasteiger partial charge on any atom is -0.383 e. The molecule has 1 amide bonds. The average molecular weight is 451 g/mol. The normalized spacial score (nSPS) is 20.7. The van der Waals surface area contributed by atoms with Gasteiger partial charge in [0.25, 0.3) is 0 Å². The number of carbonyl (C=O) groups excluding carboxylic acids is 2. The molecule has 1 rings (SSSR count). The maximum atomic E-state index is 11.7. The fraction of sp³-hybridized carbons (Fsp3) is 0.900. The topological polar surface area (TPSA) is 88.1 Å². The van der Waals surface area contributed by atoms with Gasteiger partial charge < -0.3 is 24.7 Å². The highest BCUT2D eigenvalue weighted by Gasteiger charge is 2.35. The highest BCUT2D eigenvalue weighted by molar-refractivity contribution is 8.76. The molecule has 9 heteroatoms. The van der Waals surface area contributed by atoms with Crippen LogP contribution in [0.2, 0.25) is 0 Å². The summed E-state index contributed by atoms with van der Waals surface area (Å²) >= 11 is 0. The first kappa shape index (κ1) is 26.7. The van der Waals surface area contributed by atoms with Gasteiger partial charge in [-0.05, 0) is 39.0 Å². The van der Waals surface area contributed by atoms with Gasteiger partial charge >= 0.3 is 0 Å². The van der Waals surface area contributed by atoms with E-state index in [9.17, 15) is 14.7 Å². The lowest BCUT2D eigenvalue weighted by Gasteiger charge is -2.28. The number of nitrogens with one attached hydrogen (secondary N) is 1. The molecule has 0 radical (unpaired) electrons. The van der Waals surface area contributed by atoms with Crippen LogP contribution in [0.15, 0.2) is 0 Å². The first-order valence-electron chi connectivity index (χ1n) is 10.4. The van der Waals surface area contributed by atoms with Crippen molar-refractivity contribution in [3.05, 3.63) is 0 Å². The predicted molar refractivity (Wildman–Crippen MR) is 120 cm³/mol. The molecular weight excluding hydrogens is 412 g/mol. The summed E-state index contributed by atoms with van der Waals surface area (Å²) in [6, 6.07) is 0.216. The van der Waals surface area contributed by atoms with Crippen molar-refractivity contribution < 1.29 is 24.2 Å². The van der Waals surface area contributed by atoms with Crippen molar-refractivity contribution in [2.24, 2.45) is 0 Å². The minimum atomic E-state index is -0.455. The maximum absolute atomic E-state index is 11.7. The number of likely N-dealkylation sites (tertiary alicyclic amines) is 1. The zero-order chi connectivity index (χ0) is 21.5. The number of hydrogen-bond donors (Lipinski definition) is 2. The molecule has 29 heavy (non-hydrogen) atoms. The number of Topliss-reactive ketones (excluding diaryl/α,β-unsaturated/α-hetero) is 1. The summed E-state index contributed by atoms with van der Waals surface area (Å²) in [5.74, 6) is 2.08. The molecule has 0 spiro atoms. The molecule has 7 nitrogen and oxygen atoms in total. The van der Waals surface area contributed by atoms with Crippen molar-refractivity contribution in [2.75, 3.05) is 45.4 Å². The monoisotopic (exact) mass is 450 g/mol. The third-order valence-electron chi connectivity index (χ3n) is 4.96. The molecule has 0 aromatic rings. The van der Waals surface area contributed by atoms with Gasteiger partial charge in [0.2, 0.25) is 5.91 Å². The van der Waals surface area contributed by atoms with Crippen LogP contribution in [0.5, 0.6) is 0 Å². The molecule has 3 atom stereocenters. The fourth-order valence-corrected chi connectivity index (χ4v) is 5.39. The number of hydrogen-bond acceptors (Lipinski definition) is 8. The van der Waals surface area contributed by atoms with Gasteiger partial charge in [-0.25, -0.2) is 0 Å². The summed E-state index contributed by atoms with van der Waals surface area (Å²) in [5, 5.41) is 13.4. The molecule has 170 valence electrons. The summed E-state index contributed by atoms with van der Waals surface area (Å²) in [4.78, 5) is 24.6. The number of aliphatic hydroxyl groups is 1. The summed E-state index contributed by atoms with van der Waals surface area (Å²) in [5.41, 5.74) is 0. The van der Waals surface area contributed by atoms with E-state index in [1.54, 1.807) is 42.7 Å². The number of nitrogens with zero attached hydrogens (tertiary/aromatic N) is 1. The summed E-state index contributed by atoms with van der Waals surface area (Å²) in [6.45, 7) is 3.61. The molecular formula is C20H38N2O5S2. The van der Waals surface area contributed by atoms with Gasteiger partial charge in [-0.2, -0.15) is 0 Å². The molecule has 1 fully saturated rings. The Hall–Kier alpha value is -0.320. The lowest BCUT2D eigenvalue weighted by Crippen LogP contribution is -2.41. The van der Waals surface area contributed by atoms with Crippen molar-refractivity contribution >= 4 is 33.3 Å². The molecule has 0 bridgehead atoms. The molecule has 1 aliphatic rings. The van der Waals surface area contributed by atoms with Gasteiger partial charge in [0.1, 0.15) is 12.0 Å². The predicted octanol–water partition coefficient (Wildman–Crippen LogP) is 2.47. The van der Waals surface area contributed by atoms with Gasteiger partial charge in [0.15, 0.2) is 0 Å². The van der Waals surface area contributed by atoms with Crippen LogP contribution in [0.4, 0.5) is 0 Å². The van der Waals surface area contributed by atoms with Crippen LogP contribution in [0.3, 0.4) is 0 Å². The van der Waals surface area contributed by atoms with Crippen molar-refractivity contribution in [3.63, 3.8) is 0 Å². The Morgan fingerprint density at radius 2 is 1.90 bits per heavy atom. The van der Waals surface area contributed by atoms with E-state index < -0.39 is 6.23 Å². The Kier molecular flexibility index (Phi) is 15.1. The van der Waals surface area contributed by atoms with Crippen LogP contribution in [0, 0.1) is 0 Å². The first-order valence-corrected chi connectivity index (χ1v) is 12.9. The van der Waals surface area contributed by atoms with Crippen LogP contribution >= 0.6 is 21.6 Å². The number of rotatable bonds is 17. The van der Waals surface area contributed by atoms with E-state index >= 15 is 0 Å². The zero-order valence-corrected chi connectivity index (χ0v) is 19.7. The number of unbranched alkanes of at least 4 members (excludes halogenated alkanes) is 1. The smallest absolute Gasteiger partial charge is 0.220 e. The largest absolute Gasteiger partial charge is 0.383 e. The third-order valence-corrected chi connectivity index (χ3v) is 7.45. The molecule has 2 N–H and O–H groups in total. The van der Waals surface area contributed by atoms with Crippen molar-refractivity contribution in [1.29, 1.82) is 0 Å². The molecule has 1 unspecified atom stereocenters. The zero-order valence-electron chi connectivity index (χ0n) is 18.1. The van der Waals surface area contributed by atoms with Gasteiger partial charge in [-0.15, -0.1) is 0 Å². The molecule has 0 aliphatic carbocycles. The minimum absolute atomic E-state index is 0.0628. The number of ketones is 1. The number of methoxy groups -OCH3 is 2. The van der Waals surface area contributed by atoms with Crippen LogP contribution in [0.25, 0.3) is 0 Å². The van der Waals surface area contributed by atoms with Gasteiger partial charge in [-0.1, -0.05) is 21.6 Å². The highest BCUT2D eigenvalue weighted by Crippen LogP contribution is 2.26. The summed E-state index contributed by atoms with van der Waals surface area (Å²) in [7, 11) is 6.93. The lowest BCUT2D eigenvalue weighted by atomic mass is 10.1. The Balaban J connectivity index is 2.01. The number of carbonyl (C=O) groups is 2. The SMILES string of the molecule is COC[C@@H]1C[C@@H](OC)CN1C(O)CCCSSCCNC(=O)CCCCC(C)=O. The molecule has 0 saturated carbocycles. The second-order valence-electron chi connectivity index (χ2n) is 7.43. The Bertz CT molecular complexity index is 470. The standard InChI is InChI=1S/C20H38N2O5S2/c1-16(23)7-4-5-8-19(24)21-10-12-29-28-11-6-9-20(25)22-14-18(27-3)13-17(22)15-26-2/h17-18,20,25H,4-15H2,1-3H3,(H,21,24)/t17-,18+,20?/m0/s1. The van der Waals surface area contributed by atoms with Crippen LogP contribution in [-0.4, -0.2) is 85.5 Å². The van der Waals surface area contributed by atoms with Crippen molar-refractivity contribution in [2.45, 2.75) is 70.2 Å². The van der Waals surface area contributed by atoms with E-state index in [-0.39, 0.29) is 23.8 Å². The van der Waals surface area contributed by atoms with E-state index in [4.69, 9.17) is 9.47 Å². The molecule has 1 heterocycles. The van der Waals surface area contributed by atoms with E-state index in [0.29, 0.717) is 26.0 Å². The number of amides is 1. The van der Waals surface area contributed by atoms with Gasteiger partial charge in [0.05, 0.1) is 12.7 Å². The second kappa shape index (κ2) is 16.4. The van der Waals surface area contributed by atoms with Crippen LogP contribution in [-0.2, 0) is 19.1 Å². The molecule has 0 aromatic carbocycles. The summed E-state index contributed by atoms with van der Waals surface area (Å²) < 4.78 is 10.7. The number of ether oxygens (including phenoxy) is 2. The second-order valence-corrected chi connectivity index (χ2v) is 10.1. The molecule has 1 saturated heterocycles. The third kappa shape index (κ3) is 12.2. The Labute approximate surface area is 183 Å². The fourth-order valence-electron chi connectivity index (χ4n) is 3.38. The quantitative estimate of drug-likeness (QED) is 0.258. The van der Waals surface area contributed by atoms with E-state index in [0.717, 1.165) is 50.2 Å². The van der Waals surface area contributed by atoms with Gasteiger partial charge in [-0.3, -0.25) is 9.69 Å². The number of aliphatic hydroxyl groups excluding tert-OH is 1. The summed E-state index contributed by atoms with van der Waals surface area (Å²) in [6.07, 6.45) is 4.89. The van der Waals surface area contributed by atoms with Gasteiger partial charge in [0, 0.05) is 57.7 Å². The van der Waals surface area contributed by atoms with E-state index in [1.165, 1.54) is 0 Å². The Morgan fingerprint density at radius 3 is 2.59 bits per heavy atom. The average Bonchev–Trinajstić information content (AvgIpc) is 3.10. The molecule has 0 aromatic heterocycles. The van der Waals surface area contributed by atoms with Crippen LogP contribution in [0.1, 0.15) is 51.9 Å². The highest BCUT2D eigenvalue weighted by atomic mass is 33.1. The first-order chi connectivity index (χ1) is 14.0. The maximum Gasteiger partial charge on any atom is 0.220 e. The Morgan fingerprint density at radius 1 is 1.17 bits per heavy atom. The van der Waals surface area contributed by atoms with Crippen molar-refractivity contribution in [1.82, 2.24) is 10.2 Å². The van der Waals surface area contributed by atoms with E-state index in [1.807, 2.05) is 0 Å². The molecule has 1 aliphatic heterocycles.